The number of anilines is 1. The number of fused-ring (bicyclic) bond motifs is 3. The van der Waals surface area contributed by atoms with Gasteiger partial charge in [0.1, 0.15) is 16.9 Å². The van der Waals surface area contributed by atoms with Crippen LogP contribution in [0.3, 0.4) is 0 Å². The fourth-order valence-electron chi connectivity index (χ4n) is 3.08. The zero-order valence-electron chi connectivity index (χ0n) is 14.8. The number of para-hydroxylation sites is 2. The predicted molar refractivity (Wildman–Crippen MR) is 103 cm³/mol. The fraction of sp³-hybridized carbons (Fsp3) is 0.0952. The second-order valence-electron chi connectivity index (χ2n) is 5.96. The van der Waals surface area contributed by atoms with Gasteiger partial charge >= 0.3 is 0 Å². The topological polar surface area (TPSA) is 80.9 Å². The van der Waals surface area contributed by atoms with Crippen molar-refractivity contribution < 1.29 is 23.8 Å². The number of furan rings is 1. The van der Waals surface area contributed by atoms with E-state index in [9.17, 15) is 9.90 Å². The van der Waals surface area contributed by atoms with Gasteiger partial charge in [-0.25, -0.2) is 0 Å². The normalized spacial score (nSPS) is 10.9. The van der Waals surface area contributed by atoms with Gasteiger partial charge in [-0.15, -0.1) is 0 Å². The Hall–Kier alpha value is -3.67. The van der Waals surface area contributed by atoms with Crippen LogP contribution in [0.15, 0.2) is 59.0 Å². The summed E-state index contributed by atoms with van der Waals surface area (Å²) in [5.41, 5.74) is 1.92. The van der Waals surface area contributed by atoms with E-state index in [4.69, 9.17) is 13.9 Å². The molecule has 3 aromatic carbocycles. The van der Waals surface area contributed by atoms with E-state index in [1.54, 1.807) is 18.2 Å². The van der Waals surface area contributed by atoms with E-state index in [2.05, 4.69) is 5.32 Å². The second kappa shape index (κ2) is 6.57. The molecule has 4 rings (SSSR count). The maximum Gasteiger partial charge on any atom is 0.259 e. The molecule has 0 spiro atoms. The second-order valence-corrected chi connectivity index (χ2v) is 5.96. The molecule has 0 aliphatic heterocycles. The lowest BCUT2D eigenvalue weighted by Gasteiger charge is -2.12. The van der Waals surface area contributed by atoms with E-state index in [1.165, 1.54) is 20.3 Å². The average Bonchev–Trinajstić information content (AvgIpc) is 3.04. The number of rotatable bonds is 4. The van der Waals surface area contributed by atoms with Crippen LogP contribution in [0.5, 0.6) is 17.2 Å². The molecule has 27 heavy (non-hydrogen) atoms. The molecule has 1 heterocycles. The number of nitrogens with one attached hydrogen (secondary N) is 1. The van der Waals surface area contributed by atoms with Crippen LogP contribution in [0, 0.1) is 0 Å². The summed E-state index contributed by atoms with van der Waals surface area (Å²) in [6.07, 6.45) is 0. The number of hydrogen-bond acceptors (Lipinski definition) is 5. The molecule has 136 valence electrons. The van der Waals surface area contributed by atoms with Gasteiger partial charge in [0.25, 0.3) is 5.91 Å². The first-order valence-corrected chi connectivity index (χ1v) is 8.29. The van der Waals surface area contributed by atoms with Gasteiger partial charge in [0.15, 0.2) is 11.5 Å². The molecule has 1 amide bonds. The third-order valence-electron chi connectivity index (χ3n) is 4.41. The lowest BCUT2D eigenvalue weighted by molar-refractivity contribution is 0.102. The SMILES string of the molecule is COc1cc2c(cc1NC(=O)c1cccc(OC)c1O)oc1ccccc12. The van der Waals surface area contributed by atoms with Crippen LogP contribution in [0.1, 0.15) is 10.4 Å². The maximum atomic E-state index is 12.7. The number of ether oxygens (including phenoxy) is 2. The monoisotopic (exact) mass is 363 g/mol. The van der Waals surface area contributed by atoms with Crippen molar-refractivity contribution in [2.45, 2.75) is 0 Å². The number of phenolic OH excluding ortho intramolecular Hbond substituents is 1. The molecule has 6 nitrogen and oxygen atoms in total. The number of amides is 1. The average molecular weight is 363 g/mol. The van der Waals surface area contributed by atoms with Crippen LogP contribution >= 0.6 is 0 Å². The summed E-state index contributed by atoms with van der Waals surface area (Å²) >= 11 is 0. The van der Waals surface area contributed by atoms with Crippen molar-refractivity contribution in [3.63, 3.8) is 0 Å². The Morgan fingerprint density at radius 2 is 1.70 bits per heavy atom. The number of carbonyl (C=O) groups excluding carboxylic acids is 1. The van der Waals surface area contributed by atoms with Gasteiger partial charge in [-0.05, 0) is 24.3 Å². The highest BCUT2D eigenvalue weighted by molar-refractivity contribution is 6.11. The van der Waals surface area contributed by atoms with Crippen LogP contribution in [0.2, 0.25) is 0 Å². The first kappa shape index (κ1) is 16.8. The van der Waals surface area contributed by atoms with Gasteiger partial charge in [-0.2, -0.15) is 0 Å². The molecule has 0 fully saturated rings. The molecule has 6 heteroatoms. The van der Waals surface area contributed by atoms with Gasteiger partial charge < -0.3 is 24.3 Å². The van der Waals surface area contributed by atoms with Crippen LogP contribution < -0.4 is 14.8 Å². The molecule has 4 aromatic rings. The number of carbonyl (C=O) groups is 1. The maximum absolute atomic E-state index is 12.7. The van der Waals surface area contributed by atoms with Gasteiger partial charge in [0.05, 0.1) is 25.5 Å². The Bertz CT molecular complexity index is 1160. The van der Waals surface area contributed by atoms with E-state index in [1.807, 2.05) is 30.3 Å². The standard InChI is InChI=1S/C21H17NO5/c1-25-17-9-5-7-13(20(17)23)21(24)22-15-11-18-14(10-19(15)26-2)12-6-3-4-8-16(12)27-18/h3-11,23H,1-2H3,(H,22,24). The molecule has 0 saturated heterocycles. The molecular formula is C21H17NO5. The van der Waals surface area contributed by atoms with E-state index in [0.29, 0.717) is 17.0 Å². The lowest BCUT2D eigenvalue weighted by atomic mass is 10.1. The number of benzene rings is 3. The number of aromatic hydroxyl groups is 1. The van der Waals surface area contributed by atoms with Gasteiger partial charge in [0.2, 0.25) is 0 Å². The van der Waals surface area contributed by atoms with Crippen molar-refractivity contribution >= 4 is 33.5 Å². The Kier molecular flexibility index (Phi) is 4.08. The van der Waals surface area contributed by atoms with Crippen LogP contribution in [0.25, 0.3) is 21.9 Å². The summed E-state index contributed by atoms with van der Waals surface area (Å²) < 4.78 is 16.4. The minimum absolute atomic E-state index is 0.0982. The van der Waals surface area contributed by atoms with Crippen molar-refractivity contribution in [1.82, 2.24) is 0 Å². The summed E-state index contributed by atoms with van der Waals surface area (Å²) in [7, 11) is 2.96. The van der Waals surface area contributed by atoms with Crippen LogP contribution in [0.4, 0.5) is 5.69 Å². The Morgan fingerprint density at radius 3 is 2.48 bits per heavy atom. The zero-order chi connectivity index (χ0) is 19.0. The Labute approximate surface area is 154 Å². The summed E-state index contributed by atoms with van der Waals surface area (Å²) in [6.45, 7) is 0. The van der Waals surface area contributed by atoms with E-state index >= 15 is 0 Å². The minimum Gasteiger partial charge on any atom is -0.504 e. The van der Waals surface area contributed by atoms with Gasteiger partial charge in [-0.1, -0.05) is 24.3 Å². The summed E-state index contributed by atoms with van der Waals surface area (Å²) in [6, 6.07) is 15.9. The highest BCUT2D eigenvalue weighted by Gasteiger charge is 2.18. The van der Waals surface area contributed by atoms with Crippen LogP contribution in [-0.2, 0) is 0 Å². The third kappa shape index (κ3) is 2.81. The summed E-state index contributed by atoms with van der Waals surface area (Å²) in [5.74, 6) is 0.00795. The Morgan fingerprint density at radius 1 is 0.926 bits per heavy atom. The van der Waals surface area contributed by atoms with E-state index < -0.39 is 5.91 Å². The van der Waals surface area contributed by atoms with Gasteiger partial charge in [-0.3, -0.25) is 4.79 Å². The van der Waals surface area contributed by atoms with E-state index in [-0.39, 0.29) is 17.1 Å². The number of phenols is 1. The smallest absolute Gasteiger partial charge is 0.259 e. The molecule has 1 aromatic heterocycles. The van der Waals surface area contributed by atoms with Crippen molar-refractivity contribution in [2.75, 3.05) is 19.5 Å². The van der Waals surface area contributed by atoms with Crippen molar-refractivity contribution in [3.05, 3.63) is 60.2 Å². The molecule has 0 aliphatic carbocycles. The zero-order valence-corrected chi connectivity index (χ0v) is 14.8. The highest BCUT2D eigenvalue weighted by atomic mass is 16.5. The van der Waals surface area contributed by atoms with E-state index in [0.717, 1.165) is 16.4 Å². The summed E-state index contributed by atoms with van der Waals surface area (Å²) in [5, 5.41) is 14.8. The largest absolute Gasteiger partial charge is 0.504 e. The molecule has 0 radical (unpaired) electrons. The quantitative estimate of drug-likeness (QED) is 0.555. The van der Waals surface area contributed by atoms with Crippen molar-refractivity contribution in [3.8, 4) is 17.2 Å². The molecule has 0 saturated carbocycles. The summed E-state index contributed by atoms with van der Waals surface area (Å²) in [4.78, 5) is 12.7. The molecule has 2 N–H and O–H groups in total. The molecule has 0 atom stereocenters. The Balaban J connectivity index is 1.77. The fourth-order valence-corrected chi connectivity index (χ4v) is 3.08. The lowest BCUT2D eigenvalue weighted by Crippen LogP contribution is -2.13. The predicted octanol–water partition coefficient (Wildman–Crippen LogP) is 4.56. The van der Waals surface area contributed by atoms with Crippen molar-refractivity contribution in [1.29, 1.82) is 0 Å². The molecule has 0 bridgehead atoms. The molecule has 0 unspecified atom stereocenters. The minimum atomic E-state index is -0.486. The van der Waals surface area contributed by atoms with Crippen LogP contribution in [-0.4, -0.2) is 25.2 Å². The first-order chi connectivity index (χ1) is 13.1. The number of hydrogen-bond donors (Lipinski definition) is 2. The number of methoxy groups -OCH3 is 2. The molecule has 0 aliphatic rings. The first-order valence-electron chi connectivity index (χ1n) is 8.29. The van der Waals surface area contributed by atoms with Crippen molar-refractivity contribution in [2.24, 2.45) is 0 Å². The van der Waals surface area contributed by atoms with Gasteiger partial charge in [0, 0.05) is 16.8 Å². The molecular weight excluding hydrogens is 346 g/mol. The third-order valence-corrected chi connectivity index (χ3v) is 4.41. The highest BCUT2D eigenvalue weighted by Crippen LogP contribution is 2.37.